The van der Waals surface area contributed by atoms with Crippen LogP contribution in [0.1, 0.15) is 58.8 Å². The van der Waals surface area contributed by atoms with Gasteiger partial charge in [0, 0.05) is 19.3 Å². The number of unbranched alkanes of at least 4 members (excludes halogenated alkanes) is 2. The van der Waals surface area contributed by atoms with E-state index < -0.39 is 0 Å². The van der Waals surface area contributed by atoms with Crippen LogP contribution in [-0.2, 0) is 4.74 Å². The molecular weight excluding hydrogens is 198 g/mol. The molecule has 0 bridgehead atoms. The van der Waals surface area contributed by atoms with Gasteiger partial charge in [-0.05, 0) is 38.1 Å². The molecule has 1 aliphatic carbocycles. The molecule has 0 aromatic carbocycles. The molecule has 0 aliphatic heterocycles. The lowest BCUT2D eigenvalue weighted by molar-refractivity contribution is 0.103. The molecule has 0 unspecified atom stereocenters. The highest BCUT2D eigenvalue weighted by Crippen LogP contribution is 2.29. The lowest BCUT2D eigenvalue weighted by Gasteiger charge is -2.24. The van der Waals surface area contributed by atoms with Crippen LogP contribution in [0.5, 0.6) is 0 Å². The fourth-order valence-electron chi connectivity index (χ4n) is 2.03. The molecule has 0 saturated heterocycles. The van der Waals surface area contributed by atoms with E-state index in [0.29, 0.717) is 6.04 Å². The minimum absolute atomic E-state index is 0.624. The highest BCUT2D eigenvalue weighted by Gasteiger charge is 2.16. The third kappa shape index (κ3) is 7.24. The van der Waals surface area contributed by atoms with Crippen molar-refractivity contribution in [3.05, 3.63) is 0 Å². The zero-order valence-corrected chi connectivity index (χ0v) is 11.1. The van der Waals surface area contributed by atoms with Crippen molar-refractivity contribution in [2.24, 2.45) is 5.92 Å². The molecule has 0 atom stereocenters. The van der Waals surface area contributed by atoms with Gasteiger partial charge in [0.05, 0.1) is 0 Å². The number of hydrogen-bond acceptors (Lipinski definition) is 2. The van der Waals surface area contributed by atoms with Gasteiger partial charge in [-0.3, -0.25) is 0 Å². The second-order valence-electron chi connectivity index (χ2n) is 5.37. The Kier molecular flexibility index (Phi) is 7.87. The quantitative estimate of drug-likeness (QED) is 0.578. The lowest BCUT2D eigenvalue weighted by atomic mass is 9.83. The Hall–Kier alpha value is -0.0800. The smallest absolute Gasteiger partial charge is 0.0468 e. The molecule has 1 N–H and O–H groups in total. The monoisotopic (exact) mass is 227 g/mol. The van der Waals surface area contributed by atoms with E-state index in [4.69, 9.17) is 4.74 Å². The van der Waals surface area contributed by atoms with Gasteiger partial charge in [0.1, 0.15) is 0 Å². The fourth-order valence-corrected chi connectivity index (χ4v) is 2.03. The summed E-state index contributed by atoms with van der Waals surface area (Å²) in [6.07, 6.45) is 9.45. The van der Waals surface area contributed by atoms with Crippen molar-refractivity contribution >= 4 is 0 Å². The van der Waals surface area contributed by atoms with E-state index in [2.05, 4.69) is 19.2 Å². The molecule has 0 spiro atoms. The van der Waals surface area contributed by atoms with Crippen molar-refractivity contribution in [3.8, 4) is 0 Å². The molecule has 0 aromatic heterocycles. The molecule has 0 amide bonds. The summed E-state index contributed by atoms with van der Waals surface area (Å²) in [5, 5.41) is 3.44. The maximum absolute atomic E-state index is 5.65. The summed E-state index contributed by atoms with van der Waals surface area (Å²) in [5.74, 6) is 0.996. The van der Waals surface area contributed by atoms with Crippen LogP contribution in [0.25, 0.3) is 0 Å². The number of rotatable bonds is 10. The Balaban J connectivity index is 1.68. The summed E-state index contributed by atoms with van der Waals surface area (Å²) in [6, 6.07) is 0.624. The number of hydrogen-bond donors (Lipinski definition) is 1. The fraction of sp³-hybridized carbons (Fsp3) is 1.00. The van der Waals surface area contributed by atoms with E-state index in [0.717, 1.165) is 25.7 Å². The Bertz CT molecular complexity index is 155. The number of nitrogens with one attached hydrogen (secondary N) is 1. The van der Waals surface area contributed by atoms with Crippen molar-refractivity contribution < 1.29 is 4.74 Å². The first-order valence-corrected chi connectivity index (χ1v) is 7.10. The second kappa shape index (κ2) is 9.00. The van der Waals surface area contributed by atoms with E-state index in [1.807, 2.05) is 0 Å². The molecule has 1 saturated carbocycles. The van der Waals surface area contributed by atoms with Crippen LogP contribution in [0, 0.1) is 5.92 Å². The summed E-state index contributed by atoms with van der Waals surface area (Å²) in [6.45, 7) is 7.51. The molecule has 0 aromatic rings. The first-order chi connectivity index (χ1) is 7.79. The largest absolute Gasteiger partial charge is 0.381 e. The second-order valence-corrected chi connectivity index (χ2v) is 5.37. The molecule has 1 rings (SSSR count). The Morgan fingerprint density at radius 1 is 1.12 bits per heavy atom. The van der Waals surface area contributed by atoms with Gasteiger partial charge in [0.15, 0.2) is 0 Å². The summed E-state index contributed by atoms with van der Waals surface area (Å²) in [5.41, 5.74) is 0. The van der Waals surface area contributed by atoms with E-state index in [9.17, 15) is 0 Å². The van der Waals surface area contributed by atoms with Crippen LogP contribution in [0.2, 0.25) is 0 Å². The van der Waals surface area contributed by atoms with Crippen LogP contribution >= 0.6 is 0 Å². The highest BCUT2D eigenvalue weighted by molar-refractivity contribution is 4.68. The molecule has 0 heterocycles. The SMILES string of the molecule is CC(C)NCCCCCOCCC1CCC1. The van der Waals surface area contributed by atoms with Crippen LogP contribution in [-0.4, -0.2) is 25.8 Å². The highest BCUT2D eigenvalue weighted by atomic mass is 16.5. The van der Waals surface area contributed by atoms with Crippen LogP contribution < -0.4 is 5.32 Å². The predicted octanol–water partition coefficient (Wildman–Crippen LogP) is 3.36. The van der Waals surface area contributed by atoms with E-state index in [1.165, 1.54) is 44.9 Å². The van der Waals surface area contributed by atoms with Gasteiger partial charge in [-0.15, -0.1) is 0 Å². The van der Waals surface area contributed by atoms with Crippen LogP contribution in [0.3, 0.4) is 0 Å². The van der Waals surface area contributed by atoms with Gasteiger partial charge >= 0.3 is 0 Å². The van der Waals surface area contributed by atoms with Crippen LogP contribution in [0.4, 0.5) is 0 Å². The maximum atomic E-state index is 5.65. The lowest BCUT2D eigenvalue weighted by Crippen LogP contribution is -2.23. The summed E-state index contributed by atoms with van der Waals surface area (Å²) < 4.78 is 5.65. The summed E-state index contributed by atoms with van der Waals surface area (Å²) in [7, 11) is 0. The molecular formula is C14H29NO. The Morgan fingerprint density at radius 2 is 1.94 bits per heavy atom. The Morgan fingerprint density at radius 3 is 2.56 bits per heavy atom. The average molecular weight is 227 g/mol. The Labute approximate surface area is 101 Å². The molecule has 96 valence electrons. The average Bonchev–Trinajstić information content (AvgIpc) is 2.17. The van der Waals surface area contributed by atoms with E-state index in [1.54, 1.807) is 0 Å². The van der Waals surface area contributed by atoms with E-state index >= 15 is 0 Å². The molecule has 1 aliphatic rings. The standard InChI is InChI=1S/C14H29NO/c1-13(2)15-10-4-3-5-11-16-12-9-14-7-6-8-14/h13-15H,3-12H2,1-2H3. The summed E-state index contributed by atoms with van der Waals surface area (Å²) in [4.78, 5) is 0. The van der Waals surface area contributed by atoms with E-state index in [-0.39, 0.29) is 0 Å². The van der Waals surface area contributed by atoms with Crippen LogP contribution in [0.15, 0.2) is 0 Å². The summed E-state index contributed by atoms with van der Waals surface area (Å²) >= 11 is 0. The number of ether oxygens (including phenoxy) is 1. The molecule has 1 fully saturated rings. The zero-order chi connectivity index (χ0) is 11.6. The molecule has 2 nitrogen and oxygen atoms in total. The predicted molar refractivity (Wildman–Crippen MR) is 69.8 cm³/mol. The van der Waals surface area contributed by atoms with Crippen molar-refractivity contribution in [3.63, 3.8) is 0 Å². The topological polar surface area (TPSA) is 21.3 Å². The minimum atomic E-state index is 0.624. The van der Waals surface area contributed by atoms with Crippen molar-refractivity contribution in [2.75, 3.05) is 19.8 Å². The first-order valence-electron chi connectivity index (χ1n) is 7.10. The van der Waals surface area contributed by atoms with Gasteiger partial charge in [0.2, 0.25) is 0 Å². The third-order valence-electron chi connectivity index (χ3n) is 3.41. The van der Waals surface area contributed by atoms with Gasteiger partial charge in [-0.2, -0.15) is 0 Å². The van der Waals surface area contributed by atoms with Gasteiger partial charge in [0.25, 0.3) is 0 Å². The molecule has 0 radical (unpaired) electrons. The molecule has 2 heteroatoms. The van der Waals surface area contributed by atoms with Crippen molar-refractivity contribution in [1.82, 2.24) is 5.32 Å². The van der Waals surface area contributed by atoms with Crippen molar-refractivity contribution in [1.29, 1.82) is 0 Å². The zero-order valence-electron chi connectivity index (χ0n) is 11.1. The first kappa shape index (κ1) is 14.0. The van der Waals surface area contributed by atoms with Gasteiger partial charge < -0.3 is 10.1 Å². The van der Waals surface area contributed by atoms with Gasteiger partial charge in [-0.1, -0.05) is 33.1 Å². The third-order valence-corrected chi connectivity index (χ3v) is 3.41. The normalized spacial score (nSPS) is 16.7. The minimum Gasteiger partial charge on any atom is -0.381 e. The maximum Gasteiger partial charge on any atom is 0.0468 e. The molecule has 16 heavy (non-hydrogen) atoms. The van der Waals surface area contributed by atoms with Crippen molar-refractivity contribution in [2.45, 2.75) is 64.8 Å². The van der Waals surface area contributed by atoms with Gasteiger partial charge in [-0.25, -0.2) is 0 Å².